The number of benzene rings is 1. The van der Waals surface area contributed by atoms with Crippen LogP contribution in [-0.4, -0.2) is 18.0 Å². The van der Waals surface area contributed by atoms with Crippen molar-refractivity contribution in [1.29, 1.82) is 0 Å². The van der Waals surface area contributed by atoms with Gasteiger partial charge in [-0.1, -0.05) is 25.0 Å². The van der Waals surface area contributed by atoms with Crippen LogP contribution in [0.2, 0.25) is 0 Å². The average Bonchev–Trinajstić information content (AvgIpc) is 2.47. The maximum absolute atomic E-state index is 13.3. The van der Waals surface area contributed by atoms with Crippen molar-refractivity contribution < 1.29 is 23.5 Å². The molecule has 0 N–H and O–H groups in total. The monoisotopic (exact) mass is 292 g/mol. The summed E-state index contributed by atoms with van der Waals surface area (Å²) in [5.74, 6) is 3.41. The third-order valence-electron chi connectivity index (χ3n) is 2.54. The van der Waals surface area contributed by atoms with Crippen LogP contribution in [0.15, 0.2) is 24.3 Å². The maximum Gasteiger partial charge on any atom is 0.311 e. The van der Waals surface area contributed by atoms with Gasteiger partial charge in [0.05, 0.1) is 12.8 Å². The topological polar surface area (TPSA) is 52.6 Å². The predicted octanol–water partition coefficient (Wildman–Crippen LogP) is 2.86. The minimum Gasteiger partial charge on any atom is -0.449 e. The summed E-state index contributed by atoms with van der Waals surface area (Å²) < 4.78 is 23.2. The van der Waals surface area contributed by atoms with Gasteiger partial charge in [-0.05, 0) is 25.5 Å². The highest BCUT2D eigenvalue weighted by atomic mass is 19.1. The van der Waals surface area contributed by atoms with Crippen molar-refractivity contribution >= 4 is 11.9 Å². The largest absolute Gasteiger partial charge is 0.449 e. The summed E-state index contributed by atoms with van der Waals surface area (Å²) >= 11 is 0. The van der Waals surface area contributed by atoms with Crippen LogP contribution in [0, 0.1) is 17.7 Å². The molecule has 0 amide bonds. The van der Waals surface area contributed by atoms with Crippen LogP contribution in [0.4, 0.5) is 4.39 Å². The van der Waals surface area contributed by atoms with E-state index in [1.54, 1.807) is 13.0 Å². The summed E-state index contributed by atoms with van der Waals surface area (Å²) in [7, 11) is 0. The van der Waals surface area contributed by atoms with E-state index in [0.29, 0.717) is 6.42 Å². The van der Waals surface area contributed by atoms with Crippen molar-refractivity contribution in [2.45, 2.75) is 39.2 Å². The number of carbonyl (C=O) groups excluding carboxylic acids is 2. The first-order valence-corrected chi connectivity index (χ1v) is 6.63. The molecule has 1 aromatic rings. The van der Waals surface area contributed by atoms with E-state index < -0.39 is 23.9 Å². The molecule has 0 saturated heterocycles. The zero-order valence-corrected chi connectivity index (χ0v) is 12.0. The van der Waals surface area contributed by atoms with E-state index in [1.807, 2.05) is 6.92 Å². The highest BCUT2D eigenvalue weighted by molar-refractivity contribution is 5.79. The number of esters is 2. The second-order valence-corrected chi connectivity index (χ2v) is 4.19. The number of hydrogen-bond donors (Lipinski definition) is 0. The van der Waals surface area contributed by atoms with E-state index in [4.69, 9.17) is 9.47 Å². The second-order valence-electron chi connectivity index (χ2n) is 4.19. The number of hydrogen-bond acceptors (Lipinski definition) is 4. The van der Waals surface area contributed by atoms with Crippen molar-refractivity contribution in [3.8, 4) is 17.6 Å². The third kappa shape index (κ3) is 6.09. The molecule has 0 aliphatic rings. The molecule has 1 unspecified atom stereocenters. The molecule has 1 rings (SSSR count). The molecule has 4 nitrogen and oxygen atoms in total. The van der Waals surface area contributed by atoms with Gasteiger partial charge in [0.1, 0.15) is 0 Å². The molecule has 0 saturated carbocycles. The van der Waals surface area contributed by atoms with Crippen molar-refractivity contribution in [2.24, 2.45) is 0 Å². The maximum atomic E-state index is 13.3. The molecule has 0 spiro atoms. The predicted molar refractivity (Wildman–Crippen MR) is 74.9 cm³/mol. The normalized spacial score (nSPS) is 11.0. The van der Waals surface area contributed by atoms with E-state index in [1.165, 1.54) is 18.2 Å². The molecule has 0 fully saturated rings. The van der Waals surface area contributed by atoms with Gasteiger partial charge in [-0.25, -0.2) is 4.39 Å². The van der Waals surface area contributed by atoms with E-state index in [2.05, 4.69) is 11.8 Å². The standard InChI is InChI=1S/C16H17FO4/c1-3-7-12(4-2)20-15(18)10-11-16(19)21-14-9-6-5-8-13(14)17/h5-6,8-9,12H,4,10-11H2,1-2H3. The molecular formula is C16H17FO4. The smallest absolute Gasteiger partial charge is 0.311 e. The summed E-state index contributed by atoms with van der Waals surface area (Å²) in [4.78, 5) is 23.1. The lowest BCUT2D eigenvalue weighted by Gasteiger charge is -2.10. The molecule has 5 heteroatoms. The van der Waals surface area contributed by atoms with Crippen LogP contribution < -0.4 is 4.74 Å². The van der Waals surface area contributed by atoms with Crippen molar-refractivity contribution in [2.75, 3.05) is 0 Å². The lowest BCUT2D eigenvalue weighted by Crippen LogP contribution is -2.18. The Bertz CT molecular complexity index is 557. The summed E-state index contributed by atoms with van der Waals surface area (Å²) in [6.07, 6.45) is -0.199. The molecule has 1 aromatic carbocycles. The van der Waals surface area contributed by atoms with E-state index in [-0.39, 0.29) is 18.6 Å². The zero-order valence-electron chi connectivity index (χ0n) is 12.0. The Morgan fingerprint density at radius 2 is 1.90 bits per heavy atom. The molecule has 0 aliphatic heterocycles. The fourth-order valence-corrected chi connectivity index (χ4v) is 1.50. The molecule has 0 heterocycles. The Morgan fingerprint density at radius 3 is 2.52 bits per heavy atom. The quantitative estimate of drug-likeness (QED) is 0.459. The highest BCUT2D eigenvalue weighted by Crippen LogP contribution is 2.16. The van der Waals surface area contributed by atoms with Crippen LogP contribution in [0.3, 0.4) is 0 Å². The van der Waals surface area contributed by atoms with E-state index in [0.717, 1.165) is 0 Å². The fourth-order valence-electron chi connectivity index (χ4n) is 1.50. The molecule has 112 valence electrons. The lowest BCUT2D eigenvalue weighted by atomic mass is 10.2. The minimum absolute atomic E-state index is 0.130. The summed E-state index contributed by atoms with van der Waals surface area (Å²) in [5.41, 5.74) is 0. The third-order valence-corrected chi connectivity index (χ3v) is 2.54. The Hall–Kier alpha value is -2.35. The molecule has 0 radical (unpaired) electrons. The number of para-hydroxylation sites is 1. The molecule has 1 atom stereocenters. The average molecular weight is 292 g/mol. The SMILES string of the molecule is CC#CC(CC)OC(=O)CCC(=O)Oc1ccccc1F. The van der Waals surface area contributed by atoms with Gasteiger partial charge in [-0.2, -0.15) is 0 Å². The van der Waals surface area contributed by atoms with Gasteiger partial charge in [-0.15, -0.1) is 5.92 Å². The lowest BCUT2D eigenvalue weighted by molar-refractivity contribution is -0.149. The molecule has 21 heavy (non-hydrogen) atoms. The first-order valence-electron chi connectivity index (χ1n) is 6.63. The van der Waals surface area contributed by atoms with Gasteiger partial charge in [0.25, 0.3) is 0 Å². The van der Waals surface area contributed by atoms with E-state index >= 15 is 0 Å². The van der Waals surface area contributed by atoms with Crippen molar-refractivity contribution in [3.63, 3.8) is 0 Å². The summed E-state index contributed by atoms with van der Waals surface area (Å²) in [5, 5.41) is 0. The Kier molecular flexibility index (Phi) is 6.96. The van der Waals surface area contributed by atoms with Crippen molar-refractivity contribution in [1.82, 2.24) is 0 Å². The molecular weight excluding hydrogens is 275 g/mol. The van der Waals surface area contributed by atoms with Gasteiger partial charge >= 0.3 is 11.9 Å². The number of halogens is 1. The Morgan fingerprint density at radius 1 is 1.24 bits per heavy atom. The first-order chi connectivity index (χ1) is 10.1. The van der Waals surface area contributed by atoms with Crippen LogP contribution in [0.5, 0.6) is 5.75 Å². The van der Waals surface area contributed by atoms with Crippen LogP contribution in [0.25, 0.3) is 0 Å². The van der Waals surface area contributed by atoms with E-state index in [9.17, 15) is 14.0 Å². The number of rotatable bonds is 6. The van der Waals surface area contributed by atoms with Crippen molar-refractivity contribution in [3.05, 3.63) is 30.1 Å². The Labute approximate surface area is 123 Å². The molecule has 0 aliphatic carbocycles. The second kappa shape index (κ2) is 8.75. The highest BCUT2D eigenvalue weighted by Gasteiger charge is 2.14. The fraction of sp³-hybridized carbons (Fsp3) is 0.375. The van der Waals surface area contributed by atoms with Gasteiger partial charge in [-0.3, -0.25) is 9.59 Å². The van der Waals surface area contributed by atoms with Gasteiger partial charge in [0, 0.05) is 0 Å². The van der Waals surface area contributed by atoms with Gasteiger partial charge in [0.15, 0.2) is 17.7 Å². The van der Waals surface area contributed by atoms with Crippen LogP contribution >= 0.6 is 0 Å². The van der Waals surface area contributed by atoms with Crippen LogP contribution in [0.1, 0.15) is 33.1 Å². The number of carbonyl (C=O) groups is 2. The van der Waals surface area contributed by atoms with Crippen LogP contribution in [-0.2, 0) is 14.3 Å². The zero-order chi connectivity index (χ0) is 15.7. The molecule has 0 bridgehead atoms. The first kappa shape index (κ1) is 16.7. The molecule has 0 aromatic heterocycles. The summed E-state index contributed by atoms with van der Waals surface area (Å²) in [6, 6.07) is 5.57. The Balaban J connectivity index is 2.40. The minimum atomic E-state index is -0.688. The summed E-state index contributed by atoms with van der Waals surface area (Å²) in [6.45, 7) is 3.50. The van der Waals surface area contributed by atoms with Gasteiger partial charge in [0.2, 0.25) is 0 Å². The van der Waals surface area contributed by atoms with Gasteiger partial charge < -0.3 is 9.47 Å². The number of ether oxygens (including phenoxy) is 2.